The van der Waals surface area contributed by atoms with Crippen LogP contribution in [0.25, 0.3) is 0 Å². The Morgan fingerprint density at radius 3 is 2.26 bits per heavy atom. The molecular weight excluding hydrogens is 453 g/mol. The van der Waals surface area contributed by atoms with Crippen molar-refractivity contribution in [2.45, 2.75) is 58.9 Å². The first-order valence-electron chi connectivity index (χ1n) is 10.5. The lowest BCUT2D eigenvalue weighted by molar-refractivity contribution is -0.135. The summed E-state index contributed by atoms with van der Waals surface area (Å²) in [6.07, 6.45) is 5.86. The number of carbonyl (C=O) groups is 1. The molecule has 0 unspecified atom stereocenters. The van der Waals surface area contributed by atoms with E-state index in [1.165, 1.54) is 38.9 Å². The van der Waals surface area contributed by atoms with Crippen molar-refractivity contribution in [3.05, 3.63) is 0 Å². The third kappa shape index (κ3) is 8.13. The fourth-order valence-corrected chi connectivity index (χ4v) is 3.98. The molecule has 0 aliphatic carbocycles. The van der Waals surface area contributed by atoms with Crippen LogP contribution in [0.3, 0.4) is 0 Å². The van der Waals surface area contributed by atoms with Crippen molar-refractivity contribution in [3.63, 3.8) is 0 Å². The maximum absolute atomic E-state index is 12.1. The van der Waals surface area contributed by atoms with Crippen LogP contribution in [0.1, 0.15) is 52.9 Å². The van der Waals surface area contributed by atoms with Gasteiger partial charge in [0.05, 0.1) is 0 Å². The summed E-state index contributed by atoms with van der Waals surface area (Å²) in [6.45, 7) is 12.6. The Kier molecular flexibility index (Phi) is 11.6. The highest BCUT2D eigenvalue weighted by molar-refractivity contribution is 14.0. The molecule has 27 heavy (non-hydrogen) atoms. The number of piperidine rings is 2. The van der Waals surface area contributed by atoms with Crippen molar-refractivity contribution in [2.75, 3.05) is 46.3 Å². The second-order valence-corrected chi connectivity index (χ2v) is 8.06. The standard InChI is InChI=1S/C20H39N5O.HI/c1-5-24-12-7-17(8-13-24)6-11-22-20(21-4)23-18-9-14-25(15-10-18)19(26)16(2)3;/h16-18H,5-15H2,1-4H3,(H2,21,22,23);1H. The zero-order valence-electron chi connectivity index (χ0n) is 17.7. The summed E-state index contributed by atoms with van der Waals surface area (Å²) >= 11 is 0. The van der Waals surface area contributed by atoms with Crippen LogP contribution < -0.4 is 10.6 Å². The quantitative estimate of drug-likeness (QED) is 0.339. The Morgan fingerprint density at radius 2 is 1.74 bits per heavy atom. The molecule has 6 nitrogen and oxygen atoms in total. The predicted molar refractivity (Wildman–Crippen MR) is 124 cm³/mol. The minimum Gasteiger partial charge on any atom is -0.356 e. The molecule has 0 radical (unpaired) electrons. The van der Waals surface area contributed by atoms with E-state index in [0.717, 1.165) is 44.4 Å². The minimum absolute atomic E-state index is 0. The zero-order chi connectivity index (χ0) is 18.9. The maximum Gasteiger partial charge on any atom is 0.225 e. The van der Waals surface area contributed by atoms with Crippen molar-refractivity contribution in [1.82, 2.24) is 20.4 Å². The fourth-order valence-electron chi connectivity index (χ4n) is 3.98. The number of nitrogens with zero attached hydrogens (tertiary/aromatic N) is 3. The van der Waals surface area contributed by atoms with Crippen molar-refractivity contribution < 1.29 is 4.79 Å². The molecule has 2 heterocycles. The number of halogens is 1. The van der Waals surface area contributed by atoms with Gasteiger partial charge in [-0.15, -0.1) is 24.0 Å². The van der Waals surface area contributed by atoms with Crippen molar-refractivity contribution in [3.8, 4) is 0 Å². The summed E-state index contributed by atoms with van der Waals surface area (Å²) in [5.74, 6) is 2.12. The van der Waals surface area contributed by atoms with Gasteiger partial charge in [-0.2, -0.15) is 0 Å². The van der Waals surface area contributed by atoms with E-state index in [1.54, 1.807) is 0 Å². The van der Waals surface area contributed by atoms with Crippen LogP contribution in [-0.4, -0.2) is 74.0 Å². The summed E-state index contributed by atoms with van der Waals surface area (Å²) in [7, 11) is 1.84. The molecule has 0 aromatic heterocycles. The Morgan fingerprint density at radius 1 is 1.11 bits per heavy atom. The number of nitrogens with one attached hydrogen (secondary N) is 2. The molecule has 2 aliphatic heterocycles. The molecule has 0 spiro atoms. The normalized spacial score (nSPS) is 20.5. The number of rotatable bonds is 6. The maximum atomic E-state index is 12.1. The number of likely N-dealkylation sites (tertiary alicyclic amines) is 2. The highest BCUT2D eigenvalue weighted by atomic mass is 127. The molecule has 2 aliphatic rings. The molecule has 2 N–H and O–H groups in total. The van der Waals surface area contributed by atoms with Gasteiger partial charge < -0.3 is 20.4 Å². The molecule has 2 saturated heterocycles. The molecule has 0 aromatic carbocycles. The molecule has 7 heteroatoms. The minimum atomic E-state index is 0. The van der Waals surface area contributed by atoms with Crippen LogP contribution in [0.15, 0.2) is 4.99 Å². The summed E-state index contributed by atoms with van der Waals surface area (Å²) in [5.41, 5.74) is 0. The average molecular weight is 493 g/mol. The molecule has 2 fully saturated rings. The molecule has 158 valence electrons. The van der Waals surface area contributed by atoms with Crippen molar-refractivity contribution in [2.24, 2.45) is 16.8 Å². The fraction of sp³-hybridized carbons (Fsp3) is 0.900. The van der Waals surface area contributed by atoms with Gasteiger partial charge in [-0.05, 0) is 57.7 Å². The zero-order valence-corrected chi connectivity index (χ0v) is 20.0. The Balaban J connectivity index is 0.00000364. The lowest BCUT2D eigenvalue weighted by Gasteiger charge is -2.34. The number of carbonyl (C=O) groups excluding carboxylic acids is 1. The van der Waals surface area contributed by atoms with Gasteiger partial charge in [0.25, 0.3) is 0 Å². The summed E-state index contributed by atoms with van der Waals surface area (Å²) < 4.78 is 0. The molecule has 2 rings (SSSR count). The highest BCUT2D eigenvalue weighted by Gasteiger charge is 2.24. The molecular formula is C20H40IN5O. The predicted octanol–water partition coefficient (Wildman–Crippen LogP) is 2.54. The number of guanidine groups is 1. The van der Waals surface area contributed by atoms with Crippen LogP contribution in [0.2, 0.25) is 0 Å². The SMILES string of the molecule is CCN1CCC(CCNC(=NC)NC2CCN(C(=O)C(C)C)CC2)CC1.I. The van der Waals surface area contributed by atoms with E-state index in [9.17, 15) is 4.79 Å². The van der Waals surface area contributed by atoms with Gasteiger partial charge in [-0.3, -0.25) is 9.79 Å². The number of hydrogen-bond donors (Lipinski definition) is 2. The molecule has 1 amide bonds. The van der Waals surface area contributed by atoms with E-state index in [1.807, 2.05) is 25.8 Å². The monoisotopic (exact) mass is 493 g/mol. The third-order valence-electron chi connectivity index (χ3n) is 5.86. The first-order chi connectivity index (χ1) is 12.5. The van der Waals surface area contributed by atoms with E-state index in [2.05, 4.69) is 27.4 Å². The topological polar surface area (TPSA) is 60.0 Å². The van der Waals surface area contributed by atoms with Gasteiger partial charge in [-0.25, -0.2) is 0 Å². The number of hydrogen-bond acceptors (Lipinski definition) is 3. The lowest BCUT2D eigenvalue weighted by atomic mass is 9.93. The molecule has 0 atom stereocenters. The van der Waals surface area contributed by atoms with Crippen LogP contribution in [0.5, 0.6) is 0 Å². The number of aliphatic imine (C=N–C) groups is 1. The first-order valence-corrected chi connectivity index (χ1v) is 10.5. The van der Waals surface area contributed by atoms with Gasteiger partial charge >= 0.3 is 0 Å². The summed E-state index contributed by atoms with van der Waals surface area (Å²) in [5, 5.41) is 7.03. The van der Waals surface area contributed by atoms with Crippen LogP contribution in [0.4, 0.5) is 0 Å². The van der Waals surface area contributed by atoms with E-state index in [-0.39, 0.29) is 35.8 Å². The van der Waals surface area contributed by atoms with E-state index in [0.29, 0.717) is 6.04 Å². The van der Waals surface area contributed by atoms with Gasteiger partial charge in [-0.1, -0.05) is 20.8 Å². The largest absolute Gasteiger partial charge is 0.356 e. The van der Waals surface area contributed by atoms with E-state index < -0.39 is 0 Å². The van der Waals surface area contributed by atoms with Crippen molar-refractivity contribution in [1.29, 1.82) is 0 Å². The molecule has 0 bridgehead atoms. The smallest absolute Gasteiger partial charge is 0.225 e. The van der Waals surface area contributed by atoms with E-state index >= 15 is 0 Å². The van der Waals surface area contributed by atoms with Crippen molar-refractivity contribution >= 4 is 35.8 Å². The van der Waals surface area contributed by atoms with Gasteiger partial charge in [0.15, 0.2) is 5.96 Å². The average Bonchev–Trinajstić information content (AvgIpc) is 2.67. The lowest BCUT2D eigenvalue weighted by Crippen LogP contribution is -2.50. The Hall–Kier alpha value is -0.570. The summed E-state index contributed by atoms with van der Waals surface area (Å²) in [6, 6.07) is 0.408. The van der Waals surface area contributed by atoms with E-state index in [4.69, 9.17) is 0 Å². The van der Waals surface area contributed by atoms with Crippen LogP contribution in [0, 0.1) is 11.8 Å². The second kappa shape index (κ2) is 12.8. The second-order valence-electron chi connectivity index (χ2n) is 8.06. The number of amides is 1. The van der Waals surface area contributed by atoms with Gasteiger partial charge in [0.1, 0.15) is 0 Å². The van der Waals surface area contributed by atoms with Gasteiger partial charge in [0.2, 0.25) is 5.91 Å². The first kappa shape index (κ1) is 24.5. The Bertz CT molecular complexity index is 455. The Labute approximate surface area is 182 Å². The van der Waals surface area contributed by atoms with Crippen LogP contribution >= 0.6 is 24.0 Å². The van der Waals surface area contributed by atoms with Gasteiger partial charge in [0, 0.05) is 38.6 Å². The molecule has 0 aromatic rings. The summed E-state index contributed by atoms with van der Waals surface area (Å²) in [4.78, 5) is 21.0. The molecule has 0 saturated carbocycles. The highest BCUT2D eigenvalue weighted by Crippen LogP contribution is 2.19. The third-order valence-corrected chi connectivity index (χ3v) is 5.86. The van der Waals surface area contributed by atoms with Crippen LogP contribution in [-0.2, 0) is 4.79 Å².